The van der Waals surface area contributed by atoms with Gasteiger partial charge in [-0.1, -0.05) is 36.4 Å². The zero-order valence-electron chi connectivity index (χ0n) is 15.4. The van der Waals surface area contributed by atoms with Crippen LogP contribution in [0.5, 0.6) is 5.75 Å². The number of aromatic nitrogens is 2. The van der Waals surface area contributed by atoms with Crippen LogP contribution in [0, 0.1) is 6.92 Å². The van der Waals surface area contributed by atoms with E-state index in [0.717, 1.165) is 35.9 Å². The summed E-state index contributed by atoms with van der Waals surface area (Å²) in [6.45, 7) is 5.76. The Morgan fingerprint density at radius 3 is 2.62 bits per heavy atom. The lowest BCUT2D eigenvalue weighted by Crippen LogP contribution is -2.24. The van der Waals surface area contributed by atoms with E-state index in [1.54, 1.807) is 13.3 Å². The molecule has 2 aromatic carbocycles. The first-order chi connectivity index (χ1) is 12.7. The number of hydrogen-bond acceptors (Lipinski definition) is 5. The molecule has 1 heterocycles. The van der Waals surface area contributed by atoms with Crippen LogP contribution in [-0.4, -0.2) is 23.6 Å². The van der Waals surface area contributed by atoms with Gasteiger partial charge in [0.2, 0.25) is 5.95 Å². The normalized spacial score (nSPS) is 10.4. The first-order valence-corrected chi connectivity index (χ1v) is 8.73. The van der Waals surface area contributed by atoms with Crippen molar-refractivity contribution in [3.8, 4) is 5.75 Å². The molecule has 1 aromatic heterocycles. The van der Waals surface area contributed by atoms with Gasteiger partial charge >= 0.3 is 0 Å². The Balaban J connectivity index is 1.82. The Morgan fingerprint density at radius 2 is 1.88 bits per heavy atom. The summed E-state index contributed by atoms with van der Waals surface area (Å²) in [6, 6.07) is 18.2. The Bertz CT molecular complexity index is 852. The summed E-state index contributed by atoms with van der Waals surface area (Å²) in [7, 11) is 1.67. The molecule has 0 aliphatic heterocycles. The standard InChI is InChI=1S/C21H24N4O/c1-4-25(15-17-8-6-5-7-9-17)21-22-13-12-20(24-21)23-18-14-16(2)10-11-19(18)26-3/h5-14H,4,15H2,1-3H3,(H,22,23,24). The lowest BCUT2D eigenvalue weighted by atomic mass is 10.2. The van der Waals surface area contributed by atoms with E-state index in [9.17, 15) is 0 Å². The van der Waals surface area contributed by atoms with Gasteiger partial charge < -0.3 is 15.0 Å². The minimum Gasteiger partial charge on any atom is -0.495 e. The molecule has 0 aliphatic rings. The van der Waals surface area contributed by atoms with Gasteiger partial charge in [-0.2, -0.15) is 4.98 Å². The number of nitrogens with zero attached hydrogens (tertiary/aromatic N) is 3. The summed E-state index contributed by atoms with van der Waals surface area (Å²) in [5.74, 6) is 2.23. The van der Waals surface area contributed by atoms with Crippen LogP contribution >= 0.6 is 0 Å². The lowest BCUT2D eigenvalue weighted by Gasteiger charge is -2.21. The molecule has 3 rings (SSSR count). The van der Waals surface area contributed by atoms with Crippen LogP contribution in [0.1, 0.15) is 18.1 Å². The van der Waals surface area contributed by atoms with Crippen LogP contribution in [0.15, 0.2) is 60.8 Å². The molecule has 0 radical (unpaired) electrons. The Morgan fingerprint density at radius 1 is 1.08 bits per heavy atom. The molecule has 0 atom stereocenters. The minimum atomic E-state index is 0.702. The molecule has 1 N–H and O–H groups in total. The van der Waals surface area contributed by atoms with E-state index in [1.165, 1.54) is 5.56 Å². The highest BCUT2D eigenvalue weighted by Gasteiger charge is 2.10. The molecule has 0 spiro atoms. The molecule has 26 heavy (non-hydrogen) atoms. The predicted octanol–water partition coefficient (Wildman–Crippen LogP) is 4.56. The molecule has 5 nitrogen and oxygen atoms in total. The van der Waals surface area contributed by atoms with Gasteiger partial charge in [-0.25, -0.2) is 4.98 Å². The molecule has 3 aromatic rings. The maximum absolute atomic E-state index is 5.43. The van der Waals surface area contributed by atoms with Gasteiger partial charge in [0.1, 0.15) is 11.6 Å². The van der Waals surface area contributed by atoms with Crippen LogP contribution in [0.25, 0.3) is 0 Å². The zero-order valence-corrected chi connectivity index (χ0v) is 15.4. The number of benzene rings is 2. The Hall–Kier alpha value is -3.08. The van der Waals surface area contributed by atoms with E-state index in [-0.39, 0.29) is 0 Å². The van der Waals surface area contributed by atoms with E-state index in [2.05, 4.69) is 46.2 Å². The number of anilines is 3. The van der Waals surface area contributed by atoms with Crippen LogP contribution in [0.4, 0.5) is 17.5 Å². The van der Waals surface area contributed by atoms with Crippen LogP contribution in [0.2, 0.25) is 0 Å². The first-order valence-electron chi connectivity index (χ1n) is 8.73. The second-order valence-corrected chi connectivity index (χ2v) is 6.07. The number of nitrogens with one attached hydrogen (secondary N) is 1. The molecule has 0 saturated carbocycles. The van der Waals surface area contributed by atoms with E-state index < -0.39 is 0 Å². The maximum Gasteiger partial charge on any atom is 0.227 e. The van der Waals surface area contributed by atoms with Gasteiger partial charge in [0.25, 0.3) is 0 Å². The van der Waals surface area contributed by atoms with Crippen molar-refractivity contribution in [3.05, 3.63) is 71.9 Å². The van der Waals surface area contributed by atoms with E-state index in [4.69, 9.17) is 4.74 Å². The van der Waals surface area contributed by atoms with Crippen molar-refractivity contribution < 1.29 is 4.74 Å². The smallest absolute Gasteiger partial charge is 0.227 e. The molecule has 0 bridgehead atoms. The number of ether oxygens (including phenoxy) is 1. The van der Waals surface area contributed by atoms with E-state index in [1.807, 2.05) is 42.5 Å². The summed E-state index contributed by atoms with van der Waals surface area (Å²) in [6.07, 6.45) is 1.78. The second kappa shape index (κ2) is 8.34. The third kappa shape index (κ3) is 4.30. The van der Waals surface area contributed by atoms with Crippen molar-refractivity contribution in [2.45, 2.75) is 20.4 Å². The summed E-state index contributed by atoms with van der Waals surface area (Å²) in [5, 5.41) is 3.34. The fourth-order valence-electron chi connectivity index (χ4n) is 2.76. The molecular weight excluding hydrogens is 324 g/mol. The molecule has 5 heteroatoms. The second-order valence-electron chi connectivity index (χ2n) is 6.07. The Labute approximate surface area is 154 Å². The largest absolute Gasteiger partial charge is 0.495 e. The summed E-state index contributed by atoms with van der Waals surface area (Å²) in [4.78, 5) is 11.3. The maximum atomic E-state index is 5.43. The molecule has 0 aliphatic carbocycles. The van der Waals surface area contributed by atoms with Gasteiger partial charge in [0.15, 0.2) is 0 Å². The topological polar surface area (TPSA) is 50.3 Å². The van der Waals surface area contributed by atoms with Crippen LogP contribution in [-0.2, 0) is 6.54 Å². The van der Waals surface area contributed by atoms with Gasteiger partial charge in [-0.3, -0.25) is 0 Å². The SMILES string of the molecule is CCN(Cc1ccccc1)c1nccc(Nc2cc(C)ccc2OC)n1. The average molecular weight is 348 g/mol. The fraction of sp³-hybridized carbons (Fsp3) is 0.238. The zero-order chi connectivity index (χ0) is 18.4. The van der Waals surface area contributed by atoms with Gasteiger partial charge in [-0.05, 0) is 43.2 Å². The molecule has 0 amide bonds. The summed E-state index contributed by atoms with van der Waals surface area (Å²) >= 11 is 0. The van der Waals surface area contributed by atoms with Crippen molar-refractivity contribution in [2.24, 2.45) is 0 Å². The van der Waals surface area contributed by atoms with E-state index >= 15 is 0 Å². The monoisotopic (exact) mass is 348 g/mol. The number of methoxy groups -OCH3 is 1. The highest BCUT2D eigenvalue weighted by Crippen LogP contribution is 2.28. The van der Waals surface area contributed by atoms with Gasteiger partial charge in [-0.15, -0.1) is 0 Å². The Kier molecular flexibility index (Phi) is 5.69. The predicted molar refractivity (Wildman–Crippen MR) is 106 cm³/mol. The third-order valence-electron chi connectivity index (χ3n) is 4.14. The molecule has 0 unspecified atom stereocenters. The summed E-state index contributed by atoms with van der Waals surface area (Å²) < 4.78 is 5.43. The lowest BCUT2D eigenvalue weighted by molar-refractivity contribution is 0.416. The van der Waals surface area contributed by atoms with Crippen LogP contribution < -0.4 is 15.0 Å². The number of aryl methyl sites for hydroxylation is 1. The highest BCUT2D eigenvalue weighted by atomic mass is 16.5. The quantitative estimate of drug-likeness (QED) is 0.678. The first kappa shape index (κ1) is 17.7. The van der Waals surface area contributed by atoms with Gasteiger partial charge in [0, 0.05) is 19.3 Å². The molecule has 0 fully saturated rings. The fourth-order valence-corrected chi connectivity index (χ4v) is 2.76. The van der Waals surface area contributed by atoms with Crippen molar-refractivity contribution in [1.82, 2.24) is 9.97 Å². The molecule has 0 saturated heterocycles. The average Bonchev–Trinajstić information content (AvgIpc) is 2.67. The minimum absolute atomic E-state index is 0.702. The number of rotatable bonds is 7. The van der Waals surface area contributed by atoms with Crippen LogP contribution in [0.3, 0.4) is 0 Å². The van der Waals surface area contributed by atoms with Crippen molar-refractivity contribution >= 4 is 17.5 Å². The molecular formula is C21H24N4O. The van der Waals surface area contributed by atoms with Crippen molar-refractivity contribution in [1.29, 1.82) is 0 Å². The van der Waals surface area contributed by atoms with Crippen molar-refractivity contribution in [3.63, 3.8) is 0 Å². The van der Waals surface area contributed by atoms with Gasteiger partial charge in [0.05, 0.1) is 12.8 Å². The third-order valence-corrected chi connectivity index (χ3v) is 4.14. The number of hydrogen-bond donors (Lipinski definition) is 1. The summed E-state index contributed by atoms with van der Waals surface area (Å²) in [5.41, 5.74) is 3.28. The highest BCUT2D eigenvalue weighted by molar-refractivity contribution is 5.65. The van der Waals surface area contributed by atoms with E-state index in [0.29, 0.717) is 5.95 Å². The van der Waals surface area contributed by atoms with Crippen molar-refractivity contribution in [2.75, 3.05) is 23.9 Å². The molecule has 134 valence electrons.